The van der Waals surface area contributed by atoms with E-state index >= 15 is 0 Å². The number of rotatable bonds is 3. The zero-order valence-corrected chi connectivity index (χ0v) is 11.3. The monoisotopic (exact) mass is 246 g/mol. The highest BCUT2D eigenvalue weighted by atomic mass is 14.1. The molecule has 3 aromatic rings. The van der Waals surface area contributed by atoms with Gasteiger partial charge in [0, 0.05) is 0 Å². The number of fused-ring (bicyclic) bond motifs is 1. The molecule has 0 saturated heterocycles. The zero-order chi connectivity index (χ0) is 13.1. The lowest BCUT2D eigenvalue weighted by Gasteiger charge is -2.07. The summed E-state index contributed by atoms with van der Waals surface area (Å²) in [5, 5.41) is 2.63. The van der Waals surface area contributed by atoms with Gasteiger partial charge in [0.05, 0.1) is 0 Å². The average molecular weight is 246 g/mol. The fraction of sp³-hybridized carbons (Fsp3) is 0.158. The van der Waals surface area contributed by atoms with Gasteiger partial charge in [-0.15, -0.1) is 0 Å². The van der Waals surface area contributed by atoms with Crippen LogP contribution in [0.4, 0.5) is 0 Å². The molecular weight excluding hydrogens is 228 g/mol. The first kappa shape index (κ1) is 12.0. The van der Waals surface area contributed by atoms with Gasteiger partial charge in [0.25, 0.3) is 0 Å². The molecule has 0 nitrogen and oxygen atoms in total. The number of aryl methyl sites for hydroxylation is 1. The third-order valence-electron chi connectivity index (χ3n) is 3.59. The lowest BCUT2D eigenvalue weighted by molar-refractivity contribution is 0.922. The number of hydrogen-bond donors (Lipinski definition) is 0. The topological polar surface area (TPSA) is 0 Å². The van der Waals surface area contributed by atoms with E-state index in [4.69, 9.17) is 0 Å². The lowest BCUT2D eigenvalue weighted by atomic mass is 9.97. The van der Waals surface area contributed by atoms with E-state index in [1.54, 1.807) is 0 Å². The molecule has 0 unspecified atom stereocenters. The van der Waals surface area contributed by atoms with Gasteiger partial charge >= 0.3 is 0 Å². The highest BCUT2D eigenvalue weighted by Crippen LogP contribution is 2.28. The molecule has 0 atom stereocenters. The maximum Gasteiger partial charge on any atom is -0.0105 e. The third-order valence-corrected chi connectivity index (χ3v) is 3.59. The van der Waals surface area contributed by atoms with Gasteiger partial charge in [0.1, 0.15) is 0 Å². The predicted octanol–water partition coefficient (Wildman–Crippen LogP) is 5.46. The van der Waals surface area contributed by atoms with Crippen molar-refractivity contribution in [3.05, 3.63) is 72.3 Å². The first-order chi connectivity index (χ1) is 9.38. The lowest BCUT2D eigenvalue weighted by Crippen LogP contribution is -1.84. The summed E-state index contributed by atoms with van der Waals surface area (Å²) in [6.07, 6.45) is 2.36. The van der Waals surface area contributed by atoms with Crippen LogP contribution in [0.1, 0.15) is 18.9 Å². The molecule has 0 heterocycles. The smallest absolute Gasteiger partial charge is 0.0105 e. The minimum Gasteiger partial charge on any atom is -0.0651 e. The average Bonchev–Trinajstić information content (AvgIpc) is 2.48. The first-order valence-corrected chi connectivity index (χ1v) is 6.95. The van der Waals surface area contributed by atoms with Crippen molar-refractivity contribution in [2.45, 2.75) is 19.8 Å². The highest BCUT2D eigenvalue weighted by molar-refractivity contribution is 5.96. The Morgan fingerprint density at radius 1 is 0.737 bits per heavy atom. The van der Waals surface area contributed by atoms with Gasteiger partial charge in [-0.05, 0) is 33.9 Å². The Bertz CT molecular complexity index is 672. The summed E-state index contributed by atoms with van der Waals surface area (Å²) in [5.74, 6) is 0. The van der Waals surface area contributed by atoms with E-state index in [2.05, 4.69) is 73.7 Å². The van der Waals surface area contributed by atoms with Gasteiger partial charge in [-0.2, -0.15) is 0 Å². The van der Waals surface area contributed by atoms with E-state index < -0.39 is 0 Å². The molecule has 0 N–H and O–H groups in total. The second-order valence-electron chi connectivity index (χ2n) is 4.97. The Morgan fingerprint density at radius 2 is 1.47 bits per heavy atom. The summed E-state index contributed by atoms with van der Waals surface area (Å²) in [5.41, 5.74) is 4.05. The molecule has 0 aliphatic heterocycles. The molecule has 0 spiro atoms. The molecule has 0 aliphatic rings. The largest absolute Gasteiger partial charge is 0.0651 e. The van der Waals surface area contributed by atoms with Crippen molar-refractivity contribution < 1.29 is 0 Å². The van der Waals surface area contributed by atoms with Crippen molar-refractivity contribution in [2.24, 2.45) is 0 Å². The molecule has 0 saturated carbocycles. The Kier molecular flexibility index (Phi) is 3.33. The van der Waals surface area contributed by atoms with Crippen molar-refractivity contribution >= 4 is 10.8 Å². The van der Waals surface area contributed by atoms with Crippen molar-refractivity contribution in [2.75, 3.05) is 0 Å². The van der Waals surface area contributed by atoms with E-state index in [1.165, 1.54) is 33.9 Å². The van der Waals surface area contributed by atoms with Crippen LogP contribution in [0, 0.1) is 0 Å². The summed E-state index contributed by atoms with van der Waals surface area (Å²) < 4.78 is 0. The predicted molar refractivity (Wildman–Crippen MR) is 83.4 cm³/mol. The van der Waals surface area contributed by atoms with Gasteiger partial charge < -0.3 is 0 Å². The summed E-state index contributed by atoms with van der Waals surface area (Å²) in [7, 11) is 0. The van der Waals surface area contributed by atoms with Crippen LogP contribution < -0.4 is 0 Å². The third kappa shape index (κ3) is 2.39. The van der Waals surface area contributed by atoms with Crippen LogP contribution in [0.15, 0.2) is 66.7 Å². The normalized spacial score (nSPS) is 10.8. The SMILES string of the molecule is CCCc1ccc(-c2cccc3ccccc23)cc1. The van der Waals surface area contributed by atoms with Crippen LogP contribution in [0.3, 0.4) is 0 Å². The van der Waals surface area contributed by atoms with Gasteiger partial charge in [-0.25, -0.2) is 0 Å². The van der Waals surface area contributed by atoms with Crippen LogP contribution in [0.25, 0.3) is 21.9 Å². The summed E-state index contributed by atoms with van der Waals surface area (Å²) in [6.45, 7) is 2.22. The Balaban J connectivity index is 2.08. The standard InChI is InChI=1S/C19H18/c1-2-6-15-11-13-17(14-12-15)19-10-5-8-16-7-3-4-9-18(16)19/h3-5,7-14H,2,6H2,1H3. The molecular formula is C19H18. The fourth-order valence-electron chi connectivity index (χ4n) is 2.62. The quantitative estimate of drug-likeness (QED) is 0.575. The van der Waals surface area contributed by atoms with Crippen LogP contribution in [-0.4, -0.2) is 0 Å². The van der Waals surface area contributed by atoms with Gasteiger partial charge in [-0.1, -0.05) is 80.1 Å². The van der Waals surface area contributed by atoms with E-state index in [-0.39, 0.29) is 0 Å². The Hall–Kier alpha value is -2.08. The van der Waals surface area contributed by atoms with Crippen LogP contribution in [0.2, 0.25) is 0 Å². The molecule has 0 amide bonds. The van der Waals surface area contributed by atoms with Crippen LogP contribution >= 0.6 is 0 Å². The summed E-state index contributed by atoms with van der Waals surface area (Å²) in [4.78, 5) is 0. The molecule has 0 radical (unpaired) electrons. The minimum absolute atomic E-state index is 1.16. The van der Waals surface area contributed by atoms with E-state index in [0.29, 0.717) is 0 Å². The number of hydrogen-bond acceptors (Lipinski definition) is 0. The summed E-state index contributed by atoms with van der Waals surface area (Å²) >= 11 is 0. The van der Waals surface area contributed by atoms with Crippen LogP contribution in [-0.2, 0) is 6.42 Å². The van der Waals surface area contributed by atoms with Crippen LogP contribution in [0.5, 0.6) is 0 Å². The molecule has 0 aliphatic carbocycles. The van der Waals surface area contributed by atoms with Crippen molar-refractivity contribution in [1.29, 1.82) is 0 Å². The fourth-order valence-corrected chi connectivity index (χ4v) is 2.62. The molecule has 94 valence electrons. The molecule has 0 aromatic heterocycles. The molecule has 0 fully saturated rings. The van der Waals surface area contributed by atoms with Gasteiger partial charge in [0.2, 0.25) is 0 Å². The minimum atomic E-state index is 1.16. The molecule has 0 bridgehead atoms. The second kappa shape index (κ2) is 5.27. The molecule has 0 heteroatoms. The van der Waals surface area contributed by atoms with Crippen molar-refractivity contribution in [3.63, 3.8) is 0 Å². The maximum absolute atomic E-state index is 2.25. The van der Waals surface area contributed by atoms with Crippen molar-refractivity contribution in [3.8, 4) is 11.1 Å². The van der Waals surface area contributed by atoms with Gasteiger partial charge in [0.15, 0.2) is 0 Å². The van der Waals surface area contributed by atoms with E-state index in [0.717, 1.165) is 6.42 Å². The van der Waals surface area contributed by atoms with E-state index in [1.807, 2.05) is 0 Å². The molecule has 19 heavy (non-hydrogen) atoms. The number of benzene rings is 3. The maximum atomic E-state index is 2.25. The van der Waals surface area contributed by atoms with E-state index in [9.17, 15) is 0 Å². The van der Waals surface area contributed by atoms with Gasteiger partial charge in [-0.3, -0.25) is 0 Å². The molecule has 3 rings (SSSR count). The molecule has 3 aromatic carbocycles. The highest BCUT2D eigenvalue weighted by Gasteiger charge is 2.02. The van der Waals surface area contributed by atoms with Crippen molar-refractivity contribution in [1.82, 2.24) is 0 Å². The Morgan fingerprint density at radius 3 is 2.26 bits per heavy atom. The Labute approximate surface area is 114 Å². The second-order valence-corrected chi connectivity index (χ2v) is 4.97. The first-order valence-electron chi connectivity index (χ1n) is 6.95. The zero-order valence-electron chi connectivity index (χ0n) is 11.3. The summed E-state index contributed by atoms with van der Waals surface area (Å²) in [6, 6.07) is 24.1.